The van der Waals surface area contributed by atoms with Gasteiger partial charge in [0.15, 0.2) is 0 Å². The number of aromatic nitrogens is 4. The number of rotatable bonds is 6. The standard InChI is InChI=1S/C28H19N2.C23H14N2.Ir/c1-2-8-21(9-3-1)22-12-14-23(15-13-22)24-18-25(27-10-4-6-16-29-27)20-26(19-24)28-11-5-7-17-30-28;1-2-8-16(9-3-1)20-14-7-15-22(24-20)19-12-6-11-18-17-10-4-5-13-21(17)25-23(18)19;/h1-19H;1-8,10-15H;/q-1;-2;+3. The van der Waals surface area contributed by atoms with E-state index in [1.165, 1.54) is 21.9 Å². The average molecular weight is 894 g/mol. The van der Waals surface area contributed by atoms with Gasteiger partial charge in [0.25, 0.3) is 0 Å². The molecule has 56 heavy (non-hydrogen) atoms. The largest absolute Gasteiger partial charge is 3.00 e. The van der Waals surface area contributed by atoms with Crippen LogP contribution >= 0.6 is 0 Å². The third kappa shape index (κ3) is 7.73. The van der Waals surface area contributed by atoms with Gasteiger partial charge in [-0.2, -0.15) is 0 Å². The van der Waals surface area contributed by atoms with Gasteiger partial charge in [0.05, 0.1) is 5.69 Å². The van der Waals surface area contributed by atoms with E-state index in [9.17, 15) is 0 Å². The van der Waals surface area contributed by atoms with E-state index in [2.05, 4.69) is 119 Å². The molecule has 6 aromatic carbocycles. The fraction of sp³-hybridized carbons (Fsp3) is 0. The first kappa shape index (κ1) is 36.2. The average Bonchev–Trinajstić information content (AvgIpc) is 3.67. The van der Waals surface area contributed by atoms with Crippen LogP contribution in [0.2, 0.25) is 0 Å². The second-order valence-electron chi connectivity index (χ2n) is 13.1. The van der Waals surface area contributed by atoms with Crippen LogP contribution < -0.4 is 4.98 Å². The molecule has 4 aromatic heterocycles. The molecular formula is C51H33IrN4. The van der Waals surface area contributed by atoms with Crippen LogP contribution in [0.4, 0.5) is 0 Å². The molecule has 0 aliphatic rings. The first-order valence-corrected chi connectivity index (χ1v) is 18.2. The van der Waals surface area contributed by atoms with Gasteiger partial charge in [-0.25, -0.2) is 0 Å². The molecule has 10 rings (SSSR count). The zero-order valence-electron chi connectivity index (χ0n) is 30.2. The van der Waals surface area contributed by atoms with Crippen LogP contribution in [0.15, 0.2) is 200 Å². The molecule has 0 bridgehead atoms. The van der Waals surface area contributed by atoms with Crippen LogP contribution in [0.5, 0.6) is 0 Å². The molecule has 5 heteroatoms. The second-order valence-corrected chi connectivity index (χ2v) is 13.1. The fourth-order valence-corrected chi connectivity index (χ4v) is 6.84. The van der Waals surface area contributed by atoms with E-state index in [0.29, 0.717) is 0 Å². The normalized spacial score (nSPS) is 10.7. The van der Waals surface area contributed by atoms with E-state index in [1.54, 1.807) is 0 Å². The Hall–Kier alpha value is -6.78. The van der Waals surface area contributed by atoms with Gasteiger partial charge in [0.1, 0.15) is 0 Å². The van der Waals surface area contributed by atoms with Crippen molar-refractivity contribution in [3.8, 4) is 67.3 Å². The van der Waals surface area contributed by atoms with Crippen molar-refractivity contribution >= 4 is 21.8 Å². The van der Waals surface area contributed by atoms with Crippen molar-refractivity contribution in [1.29, 1.82) is 0 Å². The molecule has 0 aliphatic heterocycles. The summed E-state index contributed by atoms with van der Waals surface area (Å²) in [6.07, 6.45) is 3.62. The van der Waals surface area contributed by atoms with Gasteiger partial charge in [-0.15, -0.1) is 65.1 Å². The Kier molecular flexibility index (Phi) is 10.8. The maximum absolute atomic E-state index is 4.86. The van der Waals surface area contributed by atoms with Crippen molar-refractivity contribution in [2.45, 2.75) is 0 Å². The summed E-state index contributed by atoms with van der Waals surface area (Å²) < 4.78 is 0. The molecule has 10 aromatic rings. The summed E-state index contributed by atoms with van der Waals surface area (Å²) >= 11 is 0. The molecule has 0 radical (unpaired) electrons. The Bertz CT molecular complexity index is 2780. The van der Waals surface area contributed by atoms with Crippen molar-refractivity contribution in [3.63, 3.8) is 0 Å². The van der Waals surface area contributed by atoms with Crippen LogP contribution in [0.3, 0.4) is 0 Å². The van der Waals surface area contributed by atoms with E-state index < -0.39 is 0 Å². The van der Waals surface area contributed by atoms with Crippen LogP contribution in [0.1, 0.15) is 0 Å². The van der Waals surface area contributed by atoms with Crippen molar-refractivity contribution in [2.24, 2.45) is 0 Å². The summed E-state index contributed by atoms with van der Waals surface area (Å²) in [5, 5.41) is 2.36. The summed E-state index contributed by atoms with van der Waals surface area (Å²) in [6.45, 7) is 0. The second kappa shape index (κ2) is 16.7. The number of benzene rings is 6. The maximum Gasteiger partial charge on any atom is 3.00 e. The smallest absolute Gasteiger partial charge is 0.656 e. The van der Waals surface area contributed by atoms with E-state index in [0.717, 1.165) is 67.2 Å². The number of hydrogen-bond acceptors (Lipinski definition) is 3. The van der Waals surface area contributed by atoms with Gasteiger partial charge in [-0.05, 0) is 56.9 Å². The number of para-hydroxylation sites is 2. The quantitative estimate of drug-likeness (QED) is 0.156. The molecule has 4 heterocycles. The summed E-state index contributed by atoms with van der Waals surface area (Å²) in [5.74, 6) is 0. The van der Waals surface area contributed by atoms with E-state index in [-0.39, 0.29) is 20.1 Å². The summed E-state index contributed by atoms with van der Waals surface area (Å²) in [7, 11) is 0. The van der Waals surface area contributed by atoms with E-state index in [1.807, 2.05) is 103 Å². The molecule has 0 N–H and O–H groups in total. The van der Waals surface area contributed by atoms with Gasteiger partial charge < -0.3 is 4.98 Å². The molecule has 0 aliphatic carbocycles. The Morgan fingerprint density at radius 2 is 0.982 bits per heavy atom. The van der Waals surface area contributed by atoms with Crippen LogP contribution in [0, 0.1) is 12.1 Å². The predicted octanol–water partition coefficient (Wildman–Crippen LogP) is 12.4. The number of pyridine rings is 3. The molecular weight excluding hydrogens is 861 g/mol. The SMILES string of the molecule is [Ir+3].[c-]1c(-c2ccccn2)cc(-c2ccc(-c3ccccc3)cc2)cc1-c1ccccn1.[c-]1ccccc1-c1cccc(-c2cccc3c2[n-]c2ccccc23)n1. The third-order valence-electron chi connectivity index (χ3n) is 9.55. The monoisotopic (exact) mass is 894 g/mol. The van der Waals surface area contributed by atoms with Crippen molar-refractivity contribution in [1.82, 2.24) is 19.9 Å². The van der Waals surface area contributed by atoms with Crippen molar-refractivity contribution in [2.75, 3.05) is 0 Å². The van der Waals surface area contributed by atoms with Crippen molar-refractivity contribution in [3.05, 3.63) is 213 Å². The molecule has 0 amide bonds. The molecule has 4 nitrogen and oxygen atoms in total. The van der Waals surface area contributed by atoms with Gasteiger partial charge >= 0.3 is 20.1 Å². The Balaban J connectivity index is 0.000000157. The number of hydrogen-bond donors (Lipinski definition) is 0. The maximum atomic E-state index is 4.86. The number of nitrogens with zero attached hydrogens (tertiary/aromatic N) is 4. The molecule has 0 atom stereocenters. The molecule has 266 valence electrons. The summed E-state index contributed by atoms with van der Waals surface area (Å²) in [6, 6.07) is 70.6. The Morgan fingerprint density at radius 3 is 1.66 bits per heavy atom. The zero-order chi connectivity index (χ0) is 36.8. The Morgan fingerprint density at radius 1 is 0.411 bits per heavy atom. The number of fused-ring (bicyclic) bond motifs is 3. The first-order valence-electron chi connectivity index (χ1n) is 18.2. The molecule has 0 unspecified atom stereocenters. The molecule has 0 saturated heterocycles. The predicted molar refractivity (Wildman–Crippen MR) is 225 cm³/mol. The van der Waals surface area contributed by atoms with Crippen molar-refractivity contribution < 1.29 is 20.1 Å². The van der Waals surface area contributed by atoms with Crippen LogP contribution in [0.25, 0.3) is 89.1 Å². The minimum atomic E-state index is 0. The first-order chi connectivity index (χ1) is 27.3. The summed E-state index contributed by atoms with van der Waals surface area (Å²) in [5.41, 5.74) is 14.4. The van der Waals surface area contributed by atoms with Crippen LogP contribution in [-0.2, 0) is 20.1 Å². The zero-order valence-corrected chi connectivity index (χ0v) is 32.6. The molecule has 0 fully saturated rings. The molecule has 0 spiro atoms. The molecule has 0 saturated carbocycles. The van der Waals surface area contributed by atoms with Gasteiger partial charge in [-0.1, -0.05) is 150 Å². The van der Waals surface area contributed by atoms with Gasteiger partial charge in [0.2, 0.25) is 0 Å². The van der Waals surface area contributed by atoms with E-state index >= 15 is 0 Å². The minimum Gasteiger partial charge on any atom is -0.656 e. The Labute approximate surface area is 340 Å². The van der Waals surface area contributed by atoms with Gasteiger partial charge in [0, 0.05) is 23.8 Å². The minimum absolute atomic E-state index is 0. The van der Waals surface area contributed by atoms with Crippen LogP contribution in [-0.4, -0.2) is 15.0 Å². The fourth-order valence-electron chi connectivity index (χ4n) is 6.84. The topological polar surface area (TPSA) is 52.8 Å². The third-order valence-corrected chi connectivity index (χ3v) is 9.55. The van der Waals surface area contributed by atoms with E-state index in [4.69, 9.17) is 9.97 Å². The summed E-state index contributed by atoms with van der Waals surface area (Å²) in [4.78, 5) is 18.7. The van der Waals surface area contributed by atoms with Gasteiger partial charge in [-0.3, -0.25) is 15.0 Å².